The van der Waals surface area contributed by atoms with Crippen LogP contribution in [0.25, 0.3) is 0 Å². The lowest BCUT2D eigenvalue weighted by atomic mass is 10.0. The minimum absolute atomic E-state index is 0.162. The van der Waals surface area contributed by atoms with Gasteiger partial charge in [-0.3, -0.25) is 14.5 Å². The fraction of sp³-hybridized carbons (Fsp3) is 0.263. The van der Waals surface area contributed by atoms with Gasteiger partial charge in [0.15, 0.2) is 0 Å². The fourth-order valence-electron chi connectivity index (χ4n) is 2.66. The number of rotatable bonds is 9. The van der Waals surface area contributed by atoms with Crippen LogP contribution in [0.5, 0.6) is 0 Å². The molecule has 0 saturated carbocycles. The van der Waals surface area contributed by atoms with E-state index in [0.717, 1.165) is 11.1 Å². The standard InChI is InChI=1S/C19H22N2O4/c20-16(18(22)23)11-17(19(24)25)21(12-14-7-3-1-4-8-14)13-15-9-5-2-6-10-15/h1-10,16-17H,11-13,20H2,(H,22,23)(H,24,25). The summed E-state index contributed by atoms with van der Waals surface area (Å²) in [6.07, 6.45) is -0.162. The van der Waals surface area contributed by atoms with Gasteiger partial charge in [0.25, 0.3) is 0 Å². The molecule has 0 aliphatic carbocycles. The van der Waals surface area contributed by atoms with Crippen molar-refractivity contribution in [1.82, 2.24) is 4.90 Å². The van der Waals surface area contributed by atoms with Gasteiger partial charge in [0.2, 0.25) is 0 Å². The van der Waals surface area contributed by atoms with Crippen molar-refractivity contribution in [3.63, 3.8) is 0 Å². The Hall–Kier alpha value is -2.70. The monoisotopic (exact) mass is 342 g/mol. The van der Waals surface area contributed by atoms with Crippen LogP contribution in [0.2, 0.25) is 0 Å². The molecule has 0 aliphatic heterocycles. The van der Waals surface area contributed by atoms with Crippen molar-refractivity contribution >= 4 is 11.9 Å². The average Bonchev–Trinajstić information content (AvgIpc) is 2.60. The molecule has 0 amide bonds. The van der Waals surface area contributed by atoms with Crippen molar-refractivity contribution < 1.29 is 19.8 Å². The Labute approximate surface area is 146 Å². The highest BCUT2D eigenvalue weighted by Crippen LogP contribution is 2.17. The van der Waals surface area contributed by atoms with E-state index in [4.69, 9.17) is 10.8 Å². The van der Waals surface area contributed by atoms with E-state index in [1.807, 2.05) is 60.7 Å². The lowest BCUT2D eigenvalue weighted by Crippen LogP contribution is -2.46. The van der Waals surface area contributed by atoms with Crippen LogP contribution >= 0.6 is 0 Å². The van der Waals surface area contributed by atoms with Gasteiger partial charge in [0, 0.05) is 13.1 Å². The van der Waals surface area contributed by atoms with Crippen LogP contribution in [0.4, 0.5) is 0 Å². The van der Waals surface area contributed by atoms with Crippen LogP contribution in [0.1, 0.15) is 17.5 Å². The van der Waals surface area contributed by atoms with E-state index < -0.39 is 24.0 Å². The SMILES string of the molecule is NC(CC(C(=O)O)N(Cc1ccccc1)Cc1ccccc1)C(=O)O. The molecule has 2 aromatic carbocycles. The molecular weight excluding hydrogens is 320 g/mol. The Bertz CT molecular complexity index is 650. The number of benzene rings is 2. The number of carbonyl (C=O) groups is 2. The van der Waals surface area contributed by atoms with E-state index in [1.54, 1.807) is 4.90 Å². The Balaban J connectivity index is 2.26. The highest BCUT2D eigenvalue weighted by atomic mass is 16.4. The molecule has 0 bridgehead atoms. The zero-order valence-electron chi connectivity index (χ0n) is 13.8. The molecular formula is C19H22N2O4. The second kappa shape index (κ2) is 8.96. The van der Waals surface area contributed by atoms with Crippen LogP contribution in [0.15, 0.2) is 60.7 Å². The molecule has 4 N–H and O–H groups in total. The van der Waals surface area contributed by atoms with Gasteiger partial charge >= 0.3 is 11.9 Å². The minimum atomic E-state index is -1.23. The molecule has 6 heteroatoms. The third-order valence-corrected chi connectivity index (χ3v) is 3.98. The second-order valence-corrected chi connectivity index (χ2v) is 5.91. The van der Waals surface area contributed by atoms with Gasteiger partial charge in [0.1, 0.15) is 12.1 Å². The maximum atomic E-state index is 11.8. The first-order valence-electron chi connectivity index (χ1n) is 8.00. The van der Waals surface area contributed by atoms with Crippen molar-refractivity contribution in [2.24, 2.45) is 5.73 Å². The molecule has 0 saturated heterocycles. The number of hydrogen-bond acceptors (Lipinski definition) is 4. The van der Waals surface area contributed by atoms with Crippen LogP contribution in [-0.4, -0.2) is 39.1 Å². The molecule has 0 fully saturated rings. The summed E-state index contributed by atoms with van der Waals surface area (Å²) in [5.74, 6) is -2.28. The normalized spacial score (nSPS) is 13.4. The summed E-state index contributed by atoms with van der Waals surface area (Å²) in [5.41, 5.74) is 7.49. The molecule has 132 valence electrons. The average molecular weight is 342 g/mol. The number of hydrogen-bond donors (Lipinski definition) is 3. The summed E-state index contributed by atoms with van der Waals surface area (Å²) in [6.45, 7) is 0.776. The maximum Gasteiger partial charge on any atom is 0.321 e. The van der Waals surface area contributed by atoms with Crippen molar-refractivity contribution in [3.05, 3.63) is 71.8 Å². The number of carboxylic acid groups (broad SMARTS) is 2. The zero-order chi connectivity index (χ0) is 18.2. The first-order chi connectivity index (χ1) is 12.0. The van der Waals surface area contributed by atoms with Gasteiger partial charge in [-0.15, -0.1) is 0 Å². The second-order valence-electron chi connectivity index (χ2n) is 5.91. The van der Waals surface area contributed by atoms with E-state index in [-0.39, 0.29) is 6.42 Å². The van der Waals surface area contributed by atoms with E-state index in [2.05, 4.69) is 0 Å². The number of aliphatic carboxylic acids is 2. The number of carboxylic acids is 2. The first-order valence-corrected chi connectivity index (χ1v) is 8.00. The molecule has 2 aromatic rings. The maximum absolute atomic E-state index is 11.8. The minimum Gasteiger partial charge on any atom is -0.480 e. The van der Waals surface area contributed by atoms with E-state index >= 15 is 0 Å². The van der Waals surface area contributed by atoms with Crippen molar-refractivity contribution in [3.8, 4) is 0 Å². The van der Waals surface area contributed by atoms with Crippen LogP contribution < -0.4 is 5.73 Å². The van der Waals surface area contributed by atoms with Crippen molar-refractivity contribution in [2.75, 3.05) is 0 Å². The molecule has 6 nitrogen and oxygen atoms in total. The van der Waals surface area contributed by atoms with Gasteiger partial charge < -0.3 is 15.9 Å². The third kappa shape index (κ3) is 5.70. The Morgan fingerprint density at radius 2 is 1.28 bits per heavy atom. The predicted molar refractivity (Wildman–Crippen MR) is 93.8 cm³/mol. The van der Waals surface area contributed by atoms with Crippen LogP contribution in [0, 0.1) is 0 Å². The van der Waals surface area contributed by atoms with E-state index in [1.165, 1.54) is 0 Å². The van der Waals surface area contributed by atoms with Crippen molar-refractivity contribution in [2.45, 2.75) is 31.6 Å². The molecule has 0 aromatic heterocycles. The Morgan fingerprint density at radius 3 is 1.64 bits per heavy atom. The largest absolute Gasteiger partial charge is 0.480 e. The van der Waals surface area contributed by atoms with Crippen LogP contribution in [0.3, 0.4) is 0 Å². The van der Waals surface area contributed by atoms with E-state index in [9.17, 15) is 14.7 Å². The van der Waals surface area contributed by atoms with Gasteiger partial charge in [-0.2, -0.15) is 0 Å². The topological polar surface area (TPSA) is 104 Å². The summed E-state index contributed by atoms with van der Waals surface area (Å²) in [6, 6.07) is 16.7. The smallest absolute Gasteiger partial charge is 0.321 e. The summed E-state index contributed by atoms with van der Waals surface area (Å²) < 4.78 is 0. The Morgan fingerprint density at radius 1 is 0.840 bits per heavy atom. The first kappa shape index (κ1) is 18.6. The highest BCUT2D eigenvalue weighted by molar-refractivity contribution is 5.77. The lowest BCUT2D eigenvalue weighted by Gasteiger charge is -2.30. The quantitative estimate of drug-likeness (QED) is 0.643. The summed E-state index contributed by atoms with van der Waals surface area (Å²) in [5, 5.41) is 18.7. The third-order valence-electron chi connectivity index (χ3n) is 3.98. The molecule has 2 unspecified atom stereocenters. The molecule has 0 spiro atoms. The molecule has 0 aliphatic rings. The highest BCUT2D eigenvalue weighted by Gasteiger charge is 2.30. The molecule has 0 radical (unpaired) electrons. The van der Waals surface area contributed by atoms with Crippen molar-refractivity contribution in [1.29, 1.82) is 0 Å². The Kier molecular flexibility index (Phi) is 6.68. The zero-order valence-corrected chi connectivity index (χ0v) is 13.8. The number of nitrogens with zero attached hydrogens (tertiary/aromatic N) is 1. The van der Waals surface area contributed by atoms with Gasteiger partial charge in [-0.05, 0) is 17.5 Å². The van der Waals surface area contributed by atoms with Gasteiger partial charge in [-0.25, -0.2) is 0 Å². The molecule has 25 heavy (non-hydrogen) atoms. The molecule has 2 rings (SSSR count). The van der Waals surface area contributed by atoms with E-state index in [0.29, 0.717) is 13.1 Å². The summed E-state index contributed by atoms with van der Waals surface area (Å²) in [7, 11) is 0. The van der Waals surface area contributed by atoms with Gasteiger partial charge in [-0.1, -0.05) is 60.7 Å². The molecule has 2 atom stereocenters. The summed E-state index contributed by atoms with van der Waals surface area (Å²) >= 11 is 0. The fourth-order valence-corrected chi connectivity index (χ4v) is 2.66. The summed E-state index contributed by atoms with van der Waals surface area (Å²) in [4.78, 5) is 24.6. The predicted octanol–water partition coefficient (Wildman–Crippen LogP) is 1.94. The van der Waals surface area contributed by atoms with Crippen LogP contribution in [-0.2, 0) is 22.7 Å². The molecule has 0 heterocycles. The lowest BCUT2D eigenvalue weighted by molar-refractivity contribution is -0.145. The number of nitrogens with two attached hydrogens (primary N) is 1. The van der Waals surface area contributed by atoms with Gasteiger partial charge in [0.05, 0.1) is 0 Å².